The van der Waals surface area contributed by atoms with Crippen molar-refractivity contribution in [1.82, 2.24) is 0 Å². The molecule has 6 nitrogen and oxygen atoms in total. The Labute approximate surface area is 197 Å². The van der Waals surface area contributed by atoms with Crippen molar-refractivity contribution in [2.24, 2.45) is 0 Å². The number of anilines is 2. The fourth-order valence-corrected chi connectivity index (χ4v) is 5.05. The highest BCUT2D eigenvalue weighted by molar-refractivity contribution is 8.00. The number of phenols is 1. The number of carbonyl (C=O) groups excluding carboxylic acids is 2. The molecule has 2 N–H and O–H groups in total. The minimum absolute atomic E-state index is 0.0616. The van der Waals surface area contributed by atoms with Crippen LogP contribution < -0.4 is 9.80 Å². The summed E-state index contributed by atoms with van der Waals surface area (Å²) in [4.78, 5) is 29.2. The number of hydrogen-bond donors (Lipinski definition) is 2. The van der Waals surface area contributed by atoms with E-state index < -0.39 is 0 Å². The molecule has 0 aliphatic carbocycles. The summed E-state index contributed by atoms with van der Waals surface area (Å²) in [6.07, 6.45) is 1.33. The van der Waals surface area contributed by atoms with Gasteiger partial charge in [0.05, 0.1) is 11.4 Å². The monoisotopic (exact) mass is 462 g/mol. The molecule has 0 spiro atoms. The van der Waals surface area contributed by atoms with Gasteiger partial charge in [-0.2, -0.15) is 0 Å². The fraction of sp³-hybridized carbons (Fsp3) is 0.231. The van der Waals surface area contributed by atoms with Crippen molar-refractivity contribution in [3.05, 3.63) is 90.0 Å². The summed E-state index contributed by atoms with van der Waals surface area (Å²) in [5.41, 5.74) is 2.73. The fourth-order valence-electron chi connectivity index (χ4n) is 3.88. The summed E-state index contributed by atoms with van der Waals surface area (Å²) < 4.78 is 0. The Morgan fingerprint density at radius 2 is 1.67 bits per heavy atom. The van der Waals surface area contributed by atoms with Gasteiger partial charge in [-0.3, -0.25) is 14.5 Å². The Balaban J connectivity index is 1.57. The first-order valence-electron chi connectivity index (χ1n) is 10.9. The number of hydrogen-bond acceptors (Lipinski definition) is 5. The normalized spacial score (nSPS) is 15.6. The van der Waals surface area contributed by atoms with E-state index in [9.17, 15) is 14.7 Å². The van der Waals surface area contributed by atoms with E-state index in [-0.39, 0.29) is 29.5 Å². The summed E-state index contributed by atoms with van der Waals surface area (Å²) in [5.74, 6) is 0.211. The lowest BCUT2D eigenvalue weighted by Crippen LogP contribution is -2.32. The summed E-state index contributed by atoms with van der Waals surface area (Å²) in [6.45, 7) is 0.607. The number of thioether (sulfide) groups is 1. The second-order valence-electron chi connectivity index (χ2n) is 7.76. The highest BCUT2D eigenvalue weighted by Crippen LogP contribution is 2.44. The standard InChI is InChI=1S/C26H26N2O4S/c29-17-7-6-16-27(21-8-2-1-3-9-21)25(32)19-12-14-20(15-13-19)26-28(24(31)18-33-26)22-10-4-5-11-23(22)30/h1-5,8-15,26,29-30H,6-7,16-18H2. The van der Waals surface area contributed by atoms with E-state index in [2.05, 4.69) is 0 Å². The summed E-state index contributed by atoms with van der Waals surface area (Å²) in [7, 11) is 0. The Kier molecular flexibility index (Phi) is 7.32. The molecule has 4 rings (SSSR count). The molecule has 1 heterocycles. The maximum atomic E-state index is 13.3. The van der Waals surface area contributed by atoms with Crippen LogP contribution in [-0.4, -0.2) is 40.9 Å². The van der Waals surface area contributed by atoms with Crippen LogP contribution >= 0.6 is 11.8 Å². The molecule has 1 atom stereocenters. The molecule has 0 radical (unpaired) electrons. The van der Waals surface area contributed by atoms with Gasteiger partial charge in [0.2, 0.25) is 5.91 Å². The van der Waals surface area contributed by atoms with E-state index in [1.165, 1.54) is 11.8 Å². The Hall–Kier alpha value is -3.29. The van der Waals surface area contributed by atoms with Gasteiger partial charge < -0.3 is 15.1 Å². The van der Waals surface area contributed by atoms with Gasteiger partial charge in [-0.25, -0.2) is 0 Å². The molecular formula is C26H26N2O4S. The van der Waals surface area contributed by atoms with Crippen LogP contribution in [0.1, 0.15) is 34.1 Å². The molecule has 33 heavy (non-hydrogen) atoms. The number of carbonyl (C=O) groups is 2. The van der Waals surface area contributed by atoms with Crippen molar-refractivity contribution in [2.75, 3.05) is 28.7 Å². The predicted octanol–water partition coefficient (Wildman–Crippen LogP) is 4.59. The minimum atomic E-state index is -0.273. The van der Waals surface area contributed by atoms with Crippen molar-refractivity contribution < 1.29 is 19.8 Å². The number of para-hydroxylation sites is 3. The number of rotatable bonds is 8. The summed E-state index contributed by atoms with van der Waals surface area (Å²) in [6, 6.07) is 23.6. The van der Waals surface area contributed by atoms with Gasteiger partial charge in [-0.15, -0.1) is 11.8 Å². The average molecular weight is 463 g/mol. The Bertz CT molecular complexity index is 1100. The van der Waals surface area contributed by atoms with Crippen molar-refractivity contribution in [3.8, 4) is 5.75 Å². The van der Waals surface area contributed by atoms with Gasteiger partial charge in [0, 0.05) is 24.4 Å². The summed E-state index contributed by atoms with van der Waals surface area (Å²) >= 11 is 1.49. The quantitative estimate of drug-likeness (QED) is 0.479. The molecule has 170 valence electrons. The van der Waals surface area contributed by atoms with E-state index in [0.29, 0.717) is 36.4 Å². The smallest absolute Gasteiger partial charge is 0.258 e. The Morgan fingerprint density at radius 1 is 0.970 bits per heavy atom. The molecule has 7 heteroatoms. The zero-order chi connectivity index (χ0) is 23.2. The molecule has 0 bridgehead atoms. The second-order valence-corrected chi connectivity index (χ2v) is 8.83. The zero-order valence-corrected chi connectivity index (χ0v) is 18.9. The van der Waals surface area contributed by atoms with Crippen LogP contribution in [0.25, 0.3) is 0 Å². The van der Waals surface area contributed by atoms with Gasteiger partial charge in [0.15, 0.2) is 0 Å². The first-order chi connectivity index (χ1) is 16.1. The van der Waals surface area contributed by atoms with Gasteiger partial charge in [0.1, 0.15) is 11.1 Å². The molecular weight excluding hydrogens is 436 g/mol. The lowest BCUT2D eigenvalue weighted by atomic mass is 10.1. The first kappa shape index (κ1) is 22.9. The van der Waals surface area contributed by atoms with Gasteiger partial charge in [-0.05, 0) is 54.8 Å². The predicted molar refractivity (Wildman–Crippen MR) is 132 cm³/mol. The van der Waals surface area contributed by atoms with Gasteiger partial charge in [0.25, 0.3) is 5.91 Å². The third-order valence-electron chi connectivity index (χ3n) is 5.55. The lowest BCUT2D eigenvalue weighted by molar-refractivity contribution is -0.115. The van der Waals surface area contributed by atoms with E-state index in [0.717, 1.165) is 11.3 Å². The van der Waals surface area contributed by atoms with Crippen LogP contribution in [0.4, 0.5) is 11.4 Å². The van der Waals surface area contributed by atoms with Crippen molar-refractivity contribution in [1.29, 1.82) is 0 Å². The maximum absolute atomic E-state index is 13.3. The highest BCUT2D eigenvalue weighted by Gasteiger charge is 2.35. The van der Waals surface area contributed by atoms with Crippen molar-refractivity contribution in [3.63, 3.8) is 0 Å². The van der Waals surface area contributed by atoms with Crippen molar-refractivity contribution >= 4 is 35.0 Å². The molecule has 1 fully saturated rings. The van der Waals surface area contributed by atoms with Crippen LogP contribution in [0.5, 0.6) is 5.75 Å². The topological polar surface area (TPSA) is 81.1 Å². The van der Waals surface area contributed by atoms with E-state index in [1.807, 2.05) is 42.5 Å². The molecule has 0 aromatic heterocycles. The SMILES string of the molecule is O=C(c1ccc(C2SCC(=O)N2c2ccccc2O)cc1)N(CCCCO)c1ccccc1. The molecule has 1 aliphatic heterocycles. The molecule has 1 aliphatic rings. The number of aliphatic hydroxyl groups is 1. The Morgan fingerprint density at radius 3 is 2.36 bits per heavy atom. The number of amides is 2. The minimum Gasteiger partial charge on any atom is -0.506 e. The zero-order valence-electron chi connectivity index (χ0n) is 18.1. The highest BCUT2D eigenvalue weighted by atomic mass is 32.2. The molecule has 3 aromatic carbocycles. The van der Waals surface area contributed by atoms with Crippen LogP contribution in [0, 0.1) is 0 Å². The van der Waals surface area contributed by atoms with E-state index in [1.54, 1.807) is 46.2 Å². The first-order valence-corrected chi connectivity index (χ1v) is 11.9. The largest absolute Gasteiger partial charge is 0.506 e. The maximum Gasteiger partial charge on any atom is 0.258 e. The van der Waals surface area contributed by atoms with Crippen LogP contribution in [-0.2, 0) is 4.79 Å². The molecule has 1 saturated heterocycles. The average Bonchev–Trinajstić information content (AvgIpc) is 3.23. The number of aliphatic hydroxyl groups excluding tert-OH is 1. The van der Waals surface area contributed by atoms with Gasteiger partial charge >= 0.3 is 0 Å². The van der Waals surface area contributed by atoms with Gasteiger partial charge in [-0.1, -0.05) is 42.5 Å². The third-order valence-corrected chi connectivity index (χ3v) is 6.77. The van der Waals surface area contributed by atoms with E-state index >= 15 is 0 Å². The molecule has 3 aromatic rings. The second kappa shape index (κ2) is 10.6. The van der Waals surface area contributed by atoms with Crippen LogP contribution in [0.15, 0.2) is 78.9 Å². The third kappa shape index (κ3) is 5.05. The number of phenolic OH excluding ortho intramolecular Hbond substituents is 1. The lowest BCUT2D eigenvalue weighted by Gasteiger charge is -2.26. The van der Waals surface area contributed by atoms with Crippen LogP contribution in [0.3, 0.4) is 0 Å². The number of benzene rings is 3. The number of aromatic hydroxyl groups is 1. The van der Waals surface area contributed by atoms with Crippen LogP contribution in [0.2, 0.25) is 0 Å². The van der Waals surface area contributed by atoms with Crippen molar-refractivity contribution in [2.45, 2.75) is 18.2 Å². The molecule has 0 saturated carbocycles. The molecule has 2 amide bonds. The number of unbranched alkanes of at least 4 members (excludes halogenated alkanes) is 1. The van der Waals surface area contributed by atoms with E-state index in [4.69, 9.17) is 5.11 Å². The summed E-state index contributed by atoms with van der Waals surface area (Å²) in [5, 5.41) is 19.1. The number of nitrogens with zero attached hydrogens (tertiary/aromatic N) is 2. The molecule has 1 unspecified atom stereocenters.